The van der Waals surface area contributed by atoms with Crippen LogP contribution in [-0.2, 0) is 4.79 Å². The van der Waals surface area contributed by atoms with E-state index in [0.717, 1.165) is 25.7 Å². The minimum Gasteiger partial charge on any atom is -0.481 e. The van der Waals surface area contributed by atoms with E-state index in [4.69, 9.17) is 5.11 Å². The number of rotatable bonds is 2. The topological polar surface area (TPSA) is 57.5 Å². The first-order chi connectivity index (χ1) is 6.66. The van der Waals surface area contributed by atoms with Crippen LogP contribution in [0.4, 0.5) is 0 Å². The number of carbonyl (C=O) groups is 1. The third-order valence-electron chi connectivity index (χ3n) is 3.92. The van der Waals surface area contributed by atoms with Gasteiger partial charge in [-0.2, -0.15) is 0 Å². The maximum Gasteiger partial charge on any atom is 0.303 e. The Labute approximate surface area is 84.1 Å². The molecule has 14 heavy (non-hydrogen) atoms. The van der Waals surface area contributed by atoms with Crippen LogP contribution in [0.15, 0.2) is 0 Å². The Bertz CT molecular complexity index is 213. The summed E-state index contributed by atoms with van der Waals surface area (Å²) >= 11 is 0. The lowest BCUT2D eigenvalue weighted by atomic mass is 9.63. The average molecular weight is 198 g/mol. The van der Waals surface area contributed by atoms with E-state index in [1.807, 2.05) is 0 Å². The van der Waals surface area contributed by atoms with Crippen LogP contribution in [0.25, 0.3) is 0 Å². The fraction of sp³-hybridized carbons (Fsp3) is 0.909. The molecule has 3 heteroatoms. The molecule has 0 aromatic rings. The number of carboxylic acid groups (broad SMARTS) is 1. The molecule has 0 aliphatic heterocycles. The van der Waals surface area contributed by atoms with E-state index < -0.39 is 5.97 Å². The zero-order chi connectivity index (χ0) is 10.1. The summed E-state index contributed by atoms with van der Waals surface area (Å²) in [6.07, 6.45) is 5.25. The standard InChI is InChI=1S/C11H18O3/c12-9-4-7-2-1-3-8(5-9)10(7)6-11(13)14/h7-10,12H,1-6H2,(H,13,14). The van der Waals surface area contributed by atoms with Crippen molar-refractivity contribution in [2.75, 3.05) is 0 Å². The maximum absolute atomic E-state index is 10.7. The van der Waals surface area contributed by atoms with Gasteiger partial charge in [0.25, 0.3) is 0 Å². The van der Waals surface area contributed by atoms with E-state index >= 15 is 0 Å². The molecule has 2 saturated carbocycles. The Balaban J connectivity index is 2.04. The molecule has 3 nitrogen and oxygen atoms in total. The van der Waals surface area contributed by atoms with E-state index in [1.165, 1.54) is 6.42 Å². The number of aliphatic hydroxyl groups is 1. The van der Waals surface area contributed by atoms with Gasteiger partial charge in [-0.3, -0.25) is 4.79 Å². The normalized spacial score (nSPS) is 42.1. The SMILES string of the molecule is O=C(O)CC1C2CCCC1CC(O)C2. The number of hydrogen-bond donors (Lipinski definition) is 2. The van der Waals surface area contributed by atoms with Gasteiger partial charge in [-0.1, -0.05) is 19.3 Å². The highest BCUT2D eigenvalue weighted by Crippen LogP contribution is 2.45. The first-order valence-electron chi connectivity index (χ1n) is 5.56. The zero-order valence-corrected chi connectivity index (χ0v) is 8.35. The van der Waals surface area contributed by atoms with Crippen LogP contribution in [0.1, 0.15) is 38.5 Å². The molecule has 2 N–H and O–H groups in total. The first kappa shape index (κ1) is 9.97. The largest absolute Gasteiger partial charge is 0.481 e. The lowest BCUT2D eigenvalue weighted by Gasteiger charge is -2.44. The zero-order valence-electron chi connectivity index (χ0n) is 8.35. The Kier molecular flexibility index (Phi) is 2.77. The van der Waals surface area contributed by atoms with Crippen LogP contribution in [-0.4, -0.2) is 22.3 Å². The van der Waals surface area contributed by atoms with Crippen molar-refractivity contribution < 1.29 is 15.0 Å². The van der Waals surface area contributed by atoms with Gasteiger partial charge in [0.2, 0.25) is 0 Å². The minimum absolute atomic E-state index is 0.171. The van der Waals surface area contributed by atoms with Crippen molar-refractivity contribution >= 4 is 5.97 Å². The second kappa shape index (κ2) is 3.89. The van der Waals surface area contributed by atoms with E-state index in [1.54, 1.807) is 0 Å². The van der Waals surface area contributed by atoms with Crippen molar-refractivity contribution in [1.82, 2.24) is 0 Å². The van der Waals surface area contributed by atoms with E-state index in [-0.39, 0.29) is 6.10 Å². The maximum atomic E-state index is 10.7. The summed E-state index contributed by atoms with van der Waals surface area (Å²) in [5.74, 6) is 0.593. The van der Waals surface area contributed by atoms with Gasteiger partial charge in [0.05, 0.1) is 6.10 Å². The Morgan fingerprint density at radius 1 is 1.21 bits per heavy atom. The molecule has 2 rings (SSSR count). The monoisotopic (exact) mass is 198 g/mol. The van der Waals surface area contributed by atoms with Crippen molar-refractivity contribution in [3.8, 4) is 0 Å². The molecule has 0 radical (unpaired) electrons. The van der Waals surface area contributed by atoms with Crippen LogP contribution in [0.5, 0.6) is 0 Å². The van der Waals surface area contributed by atoms with Crippen LogP contribution in [0, 0.1) is 17.8 Å². The van der Waals surface area contributed by atoms with Crippen molar-refractivity contribution in [3.63, 3.8) is 0 Å². The highest BCUT2D eigenvalue weighted by Gasteiger charge is 2.40. The molecule has 80 valence electrons. The second-order valence-corrected chi connectivity index (χ2v) is 4.84. The van der Waals surface area contributed by atoms with Crippen LogP contribution >= 0.6 is 0 Å². The predicted molar refractivity (Wildman–Crippen MR) is 51.8 cm³/mol. The third-order valence-corrected chi connectivity index (χ3v) is 3.92. The smallest absolute Gasteiger partial charge is 0.303 e. The second-order valence-electron chi connectivity index (χ2n) is 4.84. The Morgan fingerprint density at radius 2 is 1.79 bits per heavy atom. The van der Waals surface area contributed by atoms with Crippen molar-refractivity contribution in [3.05, 3.63) is 0 Å². The summed E-state index contributed by atoms with van der Waals surface area (Å²) in [7, 11) is 0. The molecule has 2 bridgehead atoms. The van der Waals surface area contributed by atoms with Gasteiger partial charge in [0, 0.05) is 6.42 Å². The van der Waals surface area contributed by atoms with Gasteiger partial charge in [-0.25, -0.2) is 0 Å². The van der Waals surface area contributed by atoms with Crippen molar-refractivity contribution in [1.29, 1.82) is 0 Å². The molecule has 2 unspecified atom stereocenters. The van der Waals surface area contributed by atoms with Gasteiger partial charge in [0.1, 0.15) is 0 Å². The first-order valence-corrected chi connectivity index (χ1v) is 5.56. The lowest BCUT2D eigenvalue weighted by Crippen LogP contribution is -2.39. The van der Waals surface area contributed by atoms with Crippen LogP contribution in [0.3, 0.4) is 0 Å². The van der Waals surface area contributed by atoms with Gasteiger partial charge in [0.15, 0.2) is 0 Å². The Morgan fingerprint density at radius 3 is 2.29 bits per heavy atom. The summed E-state index contributed by atoms with van der Waals surface area (Å²) in [6, 6.07) is 0. The molecule has 0 amide bonds. The molecular weight excluding hydrogens is 180 g/mol. The average Bonchev–Trinajstić information content (AvgIpc) is 2.05. The quantitative estimate of drug-likeness (QED) is 0.709. The predicted octanol–water partition coefficient (Wildman–Crippen LogP) is 1.65. The van der Waals surface area contributed by atoms with E-state index in [9.17, 15) is 9.90 Å². The van der Waals surface area contributed by atoms with Gasteiger partial charge in [-0.15, -0.1) is 0 Å². The number of carboxylic acids is 1. The summed E-state index contributed by atoms with van der Waals surface area (Å²) < 4.78 is 0. The minimum atomic E-state index is -0.678. The summed E-state index contributed by atoms with van der Waals surface area (Å²) in [5.41, 5.74) is 0. The highest BCUT2D eigenvalue weighted by atomic mass is 16.4. The Hall–Kier alpha value is -0.570. The molecule has 0 aromatic heterocycles. The molecule has 2 aliphatic carbocycles. The summed E-state index contributed by atoms with van der Waals surface area (Å²) in [5, 5.41) is 18.4. The fourth-order valence-corrected chi connectivity index (χ4v) is 3.37. The fourth-order valence-electron chi connectivity index (χ4n) is 3.37. The highest BCUT2D eigenvalue weighted by molar-refractivity contribution is 5.67. The molecule has 2 atom stereocenters. The third kappa shape index (κ3) is 1.92. The number of aliphatic carboxylic acids is 1. The van der Waals surface area contributed by atoms with Gasteiger partial charge < -0.3 is 10.2 Å². The van der Waals surface area contributed by atoms with Crippen LogP contribution < -0.4 is 0 Å². The van der Waals surface area contributed by atoms with Gasteiger partial charge >= 0.3 is 5.97 Å². The summed E-state index contributed by atoms with van der Waals surface area (Å²) in [4.78, 5) is 10.7. The number of fused-ring (bicyclic) bond motifs is 2. The molecule has 0 spiro atoms. The summed E-state index contributed by atoms with van der Waals surface area (Å²) in [6.45, 7) is 0. The molecule has 0 aromatic carbocycles. The van der Waals surface area contributed by atoms with Gasteiger partial charge in [-0.05, 0) is 30.6 Å². The van der Waals surface area contributed by atoms with E-state index in [2.05, 4.69) is 0 Å². The van der Waals surface area contributed by atoms with Crippen molar-refractivity contribution in [2.45, 2.75) is 44.6 Å². The number of hydrogen-bond acceptors (Lipinski definition) is 2. The molecule has 0 heterocycles. The molecule has 0 saturated heterocycles. The molecular formula is C11H18O3. The molecule has 2 aliphatic rings. The van der Waals surface area contributed by atoms with Crippen LogP contribution in [0.2, 0.25) is 0 Å². The lowest BCUT2D eigenvalue weighted by molar-refractivity contribution is -0.140. The van der Waals surface area contributed by atoms with E-state index in [0.29, 0.717) is 24.2 Å². The number of aliphatic hydroxyl groups excluding tert-OH is 1. The molecule has 2 fully saturated rings. The van der Waals surface area contributed by atoms with Crippen molar-refractivity contribution in [2.24, 2.45) is 17.8 Å².